The molecule has 21 heavy (non-hydrogen) atoms. The minimum atomic E-state index is 0.613. The van der Waals surface area contributed by atoms with Gasteiger partial charge in [-0.2, -0.15) is 5.10 Å². The zero-order valence-corrected chi connectivity index (χ0v) is 12.7. The fourth-order valence-electron chi connectivity index (χ4n) is 2.47. The molecule has 2 aromatic heterocycles. The van der Waals surface area contributed by atoms with Crippen molar-refractivity contribution in [3.8, 4) is 0 Å². The molecular weight excluding hydrogens is 264 g/mol. The van der Waals surface area contributed by atoms with Crippen LogP contribution in [0.4, 0.5) is 0 Å². The summed E-state index contributed by atoms with van der Waals surface area (Å²) in [6.07, 6.45) is 0. The normalized spacial score (nSPS) is 11.4. The Bertz CT molecular complexity index is 737. The van der Waals surface area contributed by atoms with Gasteiger partial charge in [-0.1, -0.05) is 18.2 Å². The first-order valence-electron chi connectivity index (χ1n) is 7.27. The Morgan fingerprint density at radius 2 is 2.00 bits per heavy atom. The molecule has 5 heteroatoms. The molecule has 0 saturated heterocycles. The summed E-state index contributed by atoms with van der Waals surface area (Å²) in [5.41, 5.74) is 3.19. The van der Waals surface area contributed by atoms with Crippen molar-refractivity contribution in [2.45, 2.75) is 40.4 Å². The van der Waals surface area contributed by atoms with Crippen LogP contribution in [-0.4, -0.2) is 14.8 Å². The van der Waals surface area contributed by atoms with E-state index < -0.39 is 0 Å². The highest BCUT2D eigenvalue weighted by atomic mass is 16.4. The van der Waals surface area contributed by atoms with Gasteiger partial charge in [-0.3, -0.25) is 4.68 Å². The van der Waals surface area contributed by atoms with Crippen molar-refractivity contribution in [3.05, 3.63) is 47.3 Å². The highest BCUT2D eigenvalue weighted by Gasteiger charge is 2.10. The van der Waals surface area contributed by atoms with E-state index in [-0.39, 0.29) is 0 Å². The number of hydrogen-bond acceptors (Lipinski definition) is 4. The second-order valence-electron chi connectivity index (χ2n) is 5.13. The SMILES string of the molecule is CCn1nc(CNCc2nc(C)c(C)o2)c2ccccc21. The Morgan fingerprint density at radius 1 is 1.19 bits per heavy atom. The highest BCUT2D eigenvalue weighted by Crippen LogP contribution is 2.18. The first-order chi connectivity index (χ1) is 10.2. The predicted molar refractivity (Wildman–Crippen MR) is 81.9 cm³/mol. The van der Waals surface area contributed by atoms with Crippen molar-refractivity contribution in [3.63, 3.8) is 0 Å². The van der Waals surface area contributed by atoms with Gasteiger partial charge in [0.1, 0.15) is 5.76 Å². The minimum Gasteiger partial charge on any atom is -0.444 e. The number of aryl methyl sites for hydroxylation is 3. The first-order valence-corrected chi connectivity index (χ1v) is 7.27. The monoisotopic (exact) mass is 284 g/mol. The van der Waals surface area contributed by atoms with E-state index in [1.54, 1.807) is 0 Å². The van der Waals surface area contributed by atoms with Gasteiger partial charge in [0.05, 0.1) is 23.4 Å². The maximum atomic E-state index is 5.57. The van der Waals surface area contributed by atoms with E-state index in [2.05, 4.69) is 34.5 Å². The number of rotatable bonds is 5. The molecule has 5 nitrogen and oxygen atoms in total. The summed E-state index contributed by atoms with van der Waals surface area (Å²) >= 11 is 0. The summed E-state index contributed by atoms with van der Waals surface area (Å²) < 4.78 is 7.60. The molecule has 0 aliphatic rings. The quantitative estimate of drug-likeness (QED) is 0.782. The number of hydrogen-bond donors (Lipinski definition) is 1. The molecule has 1 N–H and O–H groups in total. The average Bonchev–Trinajstić information content (AvgIpc) is 3.00. The summed E-state index contributed by atoms with van der Waals surface area (Å²) in [6.45, 7) is 8.19. The van der Waals surface area contributed by atoms with Crippen LogP contribution in [0.2, 0.25) is 0 Å². The van der Waals surface area contributed by atoms with Crippen LogP contribution >= 0.6 is 0 Å². The van der Waals surface area contributed by atoms with Gasteiger partial charge in [0, 0.05) is 18.5 Å². The van der Waals surface area contributed by atoms with Crippen molar-refractivity contribution in [1.29, 1.82) is 0 Å². The summed E-state index contributed by atoms with van der Waals surface area (Å²) in [5.74, 6) is 1.61. The van der Waals surface area contributed by atoms with Gasteiger partial charge in [-0.15, -0.1) is 0 Å². The molecule has 110 valence electrons. The van der Waals surface area contributed by atoms with E-state index in [1.807, 2.05) is 30.7 Å². The average molecular weight is 284 g/mol. The molecule has 0 radical (unpaired) electrons. The Labute approximate surface area is 124 Å². The number of para-hydroxylation sites is 1. The van der Waals surface area contributed by atoms with Crippen molar-refractivity contribution in [2.75, 3.05) is 0 Å². The van der Waals surface area contributed by atoms with Gasteiger partial charge in [0.2, 0.25) is 5.89 Å². The molecule has 0 spiro atoms. The fourth-order valence-corrected chi connectivity index (χ4v) is 2.47. The second kappa shape index (κ2) is 5.69. The van der Waals surface area contributed by atoms with Crippen LogP contribution in [0.5, 0.6) is 0 Å². The number of fused-ring (bicyclic) bond motifs is 1. The number of benzene rings is 1. The summed E-state index contributed by atoms with van der Waals surface area (Å²) in [5, 5.41) is 9.22. The lowest BCUT2D eigenvalue weighted by atomic mass is 10.2. The number of nitrogens with zero attached hydrogens (tertiary/aromatic N) is 3. The third-order valence-corrected chi connectivity index (χ3v) is 3.68. The smallest absolute Gasteiger partial charge is 0.208 e. The maximum absolute atomic E-state index is 5.57. The Morgan fingerprint density at radius 3 is 2.71 bits per heavy atom. The van der Waals surface area contributed by atoms with E-state index in [0.717, 1.165) is 29.6 Å². The third kappa shape index (κ3) is 2.69. The van der Waals surface area contributed by atoms with Crippen LogP contribution in [0, 0.1) is 13.8 Å². The van der Waals surface area contributed by atoms with E-state index in [1.165, 1.54) is 10.9 Å². The molecular formula is C16H20N4O. The topological polar surface area (TPSA) is 55.9 Å². The number of nitrogens with one attached hydrogen (secondary N) is 1. The van der Waals surface area contributed by atoms with E-state index >= 15 is 0 Å². The minimum absolute atomic E-state index is 0.613. The van der Waals surface area contributed by atoms with Crippen molar-refractivity contribution < 1.29 is 4.42 Å². The van der Waals surface area contributed by atoms with Crippen LogP contribution < -0.4 is 5.32 Å². The number of oxazole rings is 1. The fraction of sp³-hybridized carbons (Fsp3) is 0.375. The van der Waals surface area contributed by atoms with Crippen LogP contribution in [0.15, 0.2) is 28.7 Å². The maximum Gasteiger partial charge on any atom is 0.208 e. The molecule has 0 aliphatic carbocycles. The molecule has 2 heterocycles. The highest BCUT2D eigenvalue weighted by molar-refractivity contribution is 5.81. The van der Waals surface area contributed by atoms with E-state index in [0.29, 0.717) is 13.1 Å². The van der Waals surface area contributed by atoms with Crippen LogP contribution in [0.3, 0.4) is 0 Å². The van der Waals surface area contributed by atoms with Crippen LogP contribution in [0.1, 0.15) is 30.0 Å². The molecule has 0 amide bonds. The van der Waals surface area contributed by atoms with Crippen LogP contribution in [0.25, 0.3) is 10.9 Å². The largest absolute Gasteiger partial charge is 0.444 e. The zero-order chi connectivity index (χ0) is 14.8. The Kier molecular flexibility index (Phi) is 3.75. The lowest BCUT2D eigenvalue weighted by molar-refractivity contribution is 0.447. The molecule has 0 unspecified atom stereocenters. The van der Waals surface area contributed by atoms with Crippen molar-refractivity contribution in [2.24, 2.45) is 0 Å². The standard InChI is InChI=1S/C16H20N4O/c1-4-20-15-8-6-5-7-13(15)14(19-20)9-17-10-16-18-11(2)12(3)21-16/h5-8,17H,4,9-10H2,1-3H3. The van der Waals surface area contributed by atoms with Crippen molar-refractivity contribution >= 4 is 10.9 Å². The predicted octanol–water partition coefficient (Wildman–Crippen LogP) is 2.95. The molecule has 0 saturated carbocycles. The third-order valence-electron chi connectivity index (χ3n) is 3.68. The molecule has 0 aliphatic heterocycles. The van der Waals surface area contributed by atoms with Gasteiger partial charge in [-0.25, -0.2) is 4.98 Å². The van der Waals surface area contributed by atoms with Crippen LogP contribution in [-0.2, 0) is 19.6 Å². The van der Waals surface area contributed by atoms with Crippen molar-refractivity contribution in [1.82, 2.24) is 20.1 Å². The molecule has 0 fully saturated rings. The second-order valence-corrected chi connectivity index (χ2v) is 5.13. The van der Waals surface area contributed by atoms with Gasteiger partial charge < -0.3 is 9.73 Å². The Balaban J connectivity index is 1.73. The van der Waals surface area contributed by atoms with Gasteiger partial charge in [0.15, 0.2) is 0 Å². The van der Waals surface area contributed by atoms with E-state index in [4.69, 9.17) is 4.42 Å². The lowest BCUT2D eigenvalue weighted by Gasteiger charge is -1.99. The summed E-state index contributed by atoms with van der Waals surface area (Å²) in [4.78, 5) is 4.37. The molecule has 3 aromatic rings. The van der Waals surface area contributed by atoms with Gasteiger partial charge >= 0.3 is 0 Å². The van der Waals surface area contributed by atoms with Gasteiger partial charge in [0.25, 0.3) is 0 Å². The molecule has 0 atom stereocenters. The number of aromatic nitrogens is 3. The summed E-state index contributed by atoms with van der Waals surface area (Å²) in [6, 6.07) is 8.32. The zero-order valence-electron chi connectivity index (χ0n) is 12.7. The van der Waals surface area contributed by atoms with Gasteiger partial charge in [-0.05, 0) is 26.8 Å². The molecule has 0 bridgehead atoms. The first kappa shape index (κ1) is 13.8. The lowest BCUT2D eigenvalue weighted by Crippen LogP contribution is -2.14. The molecule has 1 aromatic carbocycles. The van der Waals surface area contributed by atoms with E-state index in [9.17, 15) is 0 Å². The molecule has 3 rings (SSSR count). The summed E-state index contributed by atoms with van der Waals surface area (Å²) in [7, 11) is 0. The Hall–Kier alpha value is -2.14.